The third kappa shape index (κ3) is 8.44. The molecule has 0 aromatic rings. The van der Waals surface area contributed by atoms with Gasteiger partial charge < -0.3 is 24.8 Å². The van der Waals surface area contributed by atoms with Gasteiger partial charge in [-0.25, -0.2) is 9.59 Å². The third-order valence-electron chi connectivity index (χ3n) is 3.81. The van der Waals surface area contributed by atoms with Gasteiger partial charge in [0.2, 0.25) is 0 Å². The third-order valence-corrected chi connectivity index (χ3v) is 3.81. The lowest BCUT2D eigenvalue weighted by Crippen LogP contribution is -2.34. The van der Waals surface area contributed by atoms with Crippen molar-refractivity contribution in [1.82, 2.24) is 4.90 Å². The number of likely N-dealkylation sites (N-methyl/N-ethyl adjacent to an activating group) is 1. The number of esters is 1. The Morgan fingerprint density at radius 1 is 1.22 bits per heavy atom. The summed E-state index contributed by atoms with van der Waals surface area (Å²) >= 11 is 0. The zero-order valence-corrected chi connectivity index (χ0v) is 15.9. The number of amides is 1. The first kappa shape index (κ1) is 22.3. The molecule has 1 amide bonds. The van der Waals surface area contributed by atoms with Gasteiger partial charge in [-0.05, 0) is 25.8 Å². The normalized spacial score (nSPS) is 15.5. The fourth-order valence-electron chi connectivity index (χ4n) is 2.31. The van der Waals surface area contributed by atoms with Crippen LogP contribution < -0.4 is 5.73 Å². The topological polar surface area (TPSA) is 108 Å². The van der Waals surface area contributed by atoms with E-state index in [1.165, 1.54) is 0 Å². The summed E-state index contributed by atoms with van der Waals surface area (Å²) in [5, 5.41) is 0. The maximum atomic E-state index is 12.1. The molecule has 27 heavy (non-hydrogen) atoms. The van der Waals surface area contributed by atoms with E-state index in [0.717, 1.165) is 6.42 Å². The molecule has 0 saturated heterocycles. The van der Waals surface area contributed by atoms with Crippen molar-refractivity contribution >= 4 is 18.0 Å². The Bertz CT molecular complexity index is 611. The van der Waals surface area contributed by atoms with Gasteiger partial charge in [0.25, 0.3) is 5.91 Å². The molecule has 1 atom stereocenters. The van der Waals surface area contributed by atoms with E-state index in [1.54, 1.807) is 11.0 Å². The minimum Gasteiger partial charge on any atom is -0.458 e. The van der Waals surface area contributed by atoms with Crippen LogP contribution in [0.2, 0.25) is 0 Å². The van der Waals surface area contributed by atoms with Crippen LogP contribution in [0.15, 0.2) is 36.1 Å². The van der Waals surface area contributed by atoms with Gasteiger partial charge in [-0.2, -0.15) is 0 Å². The highest BCUT2D eigenvalue weighted by molar-refractivity contribution is 5.93. The van der Waals surface area contributed by atoms with Crippen LogP contribution in [0, 0.1) is 5.92 Å². The number of nitrogens with zero attached hydrogens (tertiary/aromatic N) is 1. The fourth-order valence-corrected chi connectivity index (χ4v) is 2.31. The molecule has 0 spiro atoms. The van der Waals surface area contributed by atoms with E-state index in [2.05, 4.69) is 6.58 Å². The van der Waals surface area contributed by atoms with Crippen molar-refractivity contribution in [2.45, 2.75) is 26.7 Å². The largest absolute Gasteiger partial charge is 0.508 e. The van der Waals surface area contributed by atoms with Gasteiger partial charge >= 0.3 is 12.1 Å². The number of nitrogens with two attached hydrogens (primary N) is 1. The Morgan fingerprint density at radius 2 is 1.96 bits per heavy atom. The van der Waals surface area contributed by atoms with Gasteiger partial charge in [0.1, 0.15) is 13.2 Å². The quantitative estimate of drug-likeness (QED) is 0.455. The van der Waals surface area contributed by atoms with Crippen molar-refractivity contribution in [3.63, 3.8) is 0 Å². The first-order chi connectivity index (χ1) is 12.9. The zero-order valence-electron chi connectivity index (χ0n) is 15.9. The molecule has 8 heteroatoms. The lowest BCUT2D eigenvalue weighted by Gasteiger charge is -2.21. The van der Waals surface area contributed by atoms with Crippen molar-refractivity contribution in [2.24, 2.45) is 11.7 Å². The molecular formula is C19H28N2O6. The Hall–Kier alpha value is -2.77. The number of carbonyl (C=O) groups excluding carboxylic acids is 3. The van der Waals surface area contributed by atoms with Crippen LogP contribution in [0.25, 0.3) is 0 Å². The monoisotopic (exact) mass is 380 g/mol. The molecule has 1 rings (SSSR count). The maximum Gasteiger partial charge on any atom is 0.508 e. The highest BCUT2D eigenvalue weighted by Gasteiger charge is 2.17. The molecule has 0 saturated carbocycles. The highest BCUT2D eigenvalue weighted by Crippen LogP contribution is 2.14. The predicted octanol–water partition coefficient (Wildman–Crippen LogP) is 1.92. The van der Waals surface area contributed by atoms with Gasteiger partial charge in [-0.3, -0.25) is 4.79 Å². The molecule has 1 aliphatic carbocycles. The summed E-state index contributed by atoms with van der Waals surface area (Å²) in [7, 11) is 0. The van der Waals surface area contributed by atoms with Crippen LogP contribution in [-0.2, 0) is 23.8 Å². The molecule has 1 unspecified atom stereocenters. The lowest BCUT2D eigenvalue weighted by atomic mass is 10.0. The van der Waals surface area contributed by atoms with Crippen molar-refractivity contribution in [3.8, 4) is 0 Å². The summed E-state index contributed by atoms with van der Waals surface area (Å²) in [4.78, 5) is 36.9. The van der Waals surface area contributed by atoms with E-state index in [1.807, 2.05) is 26.0 Å². The molecule has 8 nitrogen and oxygen atoms in total. The minimum absolute atomic E-state index is 0.0239. The predicted molar refractivity (Wildman–Crippen MR) is 99.5 cm³/mol. The van der Waals surface area contributed by atoms with Crippen LogP contribution >= 0.6 is 0 Å². The Labute approximate surface area is 159 Å². The number of allylic oxidation sites excluding steroid dienone is 2. The molecule has 150 valence electrons. The lowest BCUT2D eigenvalue weighted by molar-refractivity contribution is -0.147. The van der Waals surface area contributed by atoms with Gasteiger partial charge in [-0.15, -0.1) is 0 Å². The smallest absolute Gasteiger partial charge is 0.458 e. The Balaban J connectivity index is 2.22. The van der Waals surface area contributed by atoms with E-state index in [4.69, 9.17) is 19.9 Å². The summed E-state index contributed by atoms with van der Waals surface area (Å²) in [5.74, 6) is -1.02. The molecular weight excluding hydrogens is 352 g/mol. The molecule has 0 aromatic heterocycles. The van der Waals surface area contributed by atoms with Crippen LogP contribution in [-0.4, -0.2) is 55.8 Å². The first-order valence-corrected chi connectivity index (χ1v) is 8.93. The summed E-state index contributed by atoms with van der Waals surface area (Å²) in [6, 6.07) is 0. The van der Waals surface area contributed by atoms with E-state index in [0.29, 0.717) is 25.2 Å². The number of carbonyl (C=O) groups is 3. The molecule has 2 N–H and O–H groups in total. The van der Waals surface area contributed by atoms with Gasteiger partial charge in [0.15, 0.2) is 6.61 Å². The highest BCUT2D eigenvalue weighted by atomic mass is 16.7. The van der Waals surface area contributed by atoms with E-state index < -0.39 is 18.7 Å². The second kappa shape index (κ2) is 11.8. The molecule has 0 bridgehead atoms. The average molecular weight is 380 g/mol. The first-order valence-electron chi connectivity index (χ1n) is 8.93. The average Bonchev–Trinajstić information content (AvgIpc) is 2.67. The van der Waals surface area contributed by atoms with Crippen molar-refractivity contribution in [3.05, 3.63) is 36.1 Å². The standard InChI is InChI=1S/C19H28N2O6/c1-4-10-21(5-2)18(23)14(3)11-25-17(22)13-27-19(24)26-12-15-6-8-16(20)9-7-15/h6,8-9,15H,3-5,7,10-13,20H2,1-2H3. The van der Waals surface area contributed by atoms with Crippen molar-refractivity contribution < 1.29 is 28.6 Å². The van der Waals surface area contributed by atoms with Crippen LogP contribution in [0.3, 0.4) is 0 Å². The second-order valence-corrected chi connectivity index (χ2v) is 6.06. The zero-order chi connectivity index (χ0) is 20.2. The summed E-state index contributed by atoms with van der Waals surface area (Å²) in [6.45, 7) is 7.90. The van der Waals surface area contributed by atoms with Gasteiger partial charge in [-0.1, -0.05) is 25.7 Å². The number of hydrogen-bond donors (Lipinski definition) is 1. The number of rotatable bonds is 10. The summed E-state index contributed by atoms with van der Waals surface area (Å²) < 4.78 is 14.5. The van der Waals surface area contributed by atoms with Crippen LogP contribution in [0.1, 0.15) is 26.7 Å². The summed E-state index contributed by atoms with van der Waals surface area (Å²) in [6.07, 6.45) is 5.96. The van der Waals surface area contributed by atoms with E-state index in [-0.39, 0.29) is 30.6 Å². The minimum atomic E-state index is -0.960. The van der Waals surface area contributed by atoms with Crippen molar-refractivity contribution in [2.75, 3.05) is 32.9 Å². The molecule has 0 aromatic carbocycles. The van der Waals surface area contributed by atoms with Crippen molar-refractivity contribution in [1.29, 1.82) is 0 Å². The molecule has 0 heterocycles. The second-order valence-electron chi connectivity index (χ2n) is 6.06. The Morgan fingerprint density at radius 3 is 2.56 bits per heavy atom. The van der Waals surface area contributed by atoms with Gasteiger partial charge in [0.05, 0.1) is 0 Å². The maximum absolute atomic E-state index is 12.1. The Kier molecular flexibility index (Phi) is 9.71. The fraction of sp³-hybridized carbons (Fsp3) is 0.526. The van der Waals surface area contributed by atoms with Crippen LogP contribution in [0.5, 0.6) is 0 Å². The number of ether oxygens (including phenoxy) is 3. The molecule has 0 fully saturated rings. The number of hydrogen-bond acceptors (Lipinski definition) is 7. The SMILES string of the molecule is C=C(COC(=O)COC(=O)OCC1C=CC(N)=CC1)C(=O)N(CC)CCC. The van der Waals surface area contributed by atoms with Gasteiger partial charge in [0, 0.05) is 30.3 Å². The van der Waals surface area contributed by atoms with Crippen LogP contribution in [0.4, 0.5) is 4.79 Å². The molecule has 0 aliphatic heterocycles. The van der Waals surface area contributed by atoms with E-state index in [9.17, 15) is 14.4 Å². The van der Waals surface area contributed by atoms with E-state index >= 15 is 0 Å². The molecule has 0 radical (unpaired) electrons. The molecule has 1 aliphatic rings. The summed E-state index contributed by atoms with van der Waals surface area (Å²) in [5.41, 5.74) is 6.44.